The first-order valence-electron chi connectivity index (χ1n) is 11.3. The number of alkyl halides is 4. The standard InChI is InChI=1S/C24H26F4N4O3/c25-13-15-7-9-31(10-8-15)23(33)21-11-17-3-4-18(22(29)30)12-20(17)32(21,34)14-16-1-5-19(6-2-16)35-24(26,27)28/h1-6,12,15,21H,7-11,13-14H2,(H3,29,30). The molecular weight excluding hydrogens is 468 g/mol. The van der Waals surface area contributed by atoms with Crippen LogP contribution in [0.4, 0.5) is 23.2 Å². The number of fused-ring (bicyclic) bond motifs is 1. The summed E-state index contributed by atoms with van der Waals surface area (Å²) in [6.45, 7) is 0.0726. The number of quaternary nitrogens is 1. The van der Waals surface area contributed by atoms with Crippen LogP contribution in [-0.2, 0) is 17.8 Å². The molecule has 0 bridgehead atoms. The molecule has 0 saturated carbocycles. The first-order chi connectivity index (χ1) is 16.5. The molecule has 2 aromatic rings. The lowest BCUT2D eigenvalue weighted by Crippen LogP contribution is -2.58. The predicted octanol–water partition coefficient (Wildman–Crippen LogP) is 4.01. The Balaban J connectivity index is 1.65. The summed E-state index contributed by atoms with van der Waals surface area (Å²) in [5.74, 6) is -1.07. The summed E-state index contributed by atoms with van der Waals surface area (Å²) in [6, 6.07) is 8.76. The van der Waals surface area contributed by atoms with E-state index in [1.54, 1.807) is 17.0 Å². The van der Waals surface area contributed by atoms with Crippen molar-refractivity contribution in [2.45, 2.75) is 38.2 Å². The summed E-state index contributed by atoms with van der Waals surface area (Å²) in [6.07, 6.45) is -3.61. The van der Waals surface area contributed by atoms with Crippen LogP contribution in [0.15, 0.2) is 42.5 Å². The molecule has 0 aromatic heterocycles. The monoisotopic (exact) mass is 494 g/mol. The molecule has 3 N–H and O–H groups in total. The Morgan fingerprint density at radius 2 is 1.83 bits per heavy atom. The molecule has 2 aromatic carbocycles. The zero-order valence-corrected chi connectivity index (χ0v) is 18.9. The van der Waals surface area contributed by atoms with Crippen LogP contribution in [0.1, 0.15) is 29.5 Å². The number of ether oxygens (including phenoxy) is 1. The Morgan fingerprint density at radius 1 is 1.17 bits per heavy atom. The molecule has 0 radical (unpaired) electrons. The molecule has 2 atom stereocenters. The van der Waals surface area contributed by atoms with Crippen LogP contribution in [0, 0.1) is 16.5 Å². The fraction of sp³-hybridized carbons (Fsp3) is 0.417. The van der Waals surface area contributed by atoms with Crippen LogP contribution < -0.4 is 15.1 Å². The zero-order chi connectivity index (χ0) is 25.4. The molecule has 0 spiro atoms. The Bertz CT molecular complexity index is 1100. The average Bonchev–Trinajstić information content (AvgIpc) is 3.10. The van der Waals surface area contributed by atoms with Crippen molar-refractivity contribution in [3.63, 3.8) is 0 Å². The van der Waals surface area contributed by atoms with Crippen LogP contribution in [-0.4, -0.2) is 48.8 Å². The predicted molar refractivity (Wildman–Crippen MR) is 122 cm³/mol. The van der Waals surface area contributed by atoms with Crippen molar-refractivity contribution in [3.8, 4) is 5.75 Å². The number of hydroxylamine groups is 2. The second kappa shape index (κ2) is 9.46. The van der Waals surface area contributed by atoms with Gasteiger partial charge in [-0.3, -0.25) is 14.6 Å². The van der Waals surface area contributed by atoms with Crippen molar-refractivity contribution in [1.82, 2.24) is 9.55 Å². The summed E-state index contributed by atoms with van der Waals surface area (Å²) in [5.41, 5.74) is 7.33. The lowest BCUT2D eigenvalue weighted by Gasteiger charge is -2.45. The molecule has 188 valence electrons. The minimum absolute atomic E-state index is 0.0955. The number of carbonyl (C=O) groups is 1. The van der Waals surface area contributed by atoms with Crippen molar-refractivity contribution in [1.29, 1.82) is 5.41 Å². The molecule has 1 fully saturated rings. The highest BCUT2D eigenvalue weighted by Gasteiger charge is 2.47. The first-order valence-corrected chi connectivity index (χ1v) is 11.3. The van der Waals surface area contributed by atoms with E-state index < -0.39 is 29.5 Å². The van der Waals surface area contributed by atoms with Crippen molar-refractivity contribution >= 4 is 17.4 Å². The number of halogens is 4. The Hall–Kier alpha value is -3.18. The number of nitrogens with zero attached hydrogens (tertiary/aromatic N) is 2. The number of nitrogens with one attached hydrogen (secondary N) is 1. The van der Waals surface area contributed by atoms with Gasteiger partial charge in [0.05, 0.1) is 6.67 Å². The number of amides is 1. The molecule has 7 nitrogen and oxygen atoms in total. The van der Waals surface area contributed by atoms with Crippen molar-refractivity contribution in [2.24, 2.45) is 11.7 Å². The van der Waals surface area contributed by atoms with E-state index in [4.69, 9.17) is 11.1 Å². The Labute approximate surface area is 199 Å². The van der Waals surface area contributed by atoms with E-state index in [0.29, 0.717) is 48.3 Å². The molecule has 4 rings (SSSR count). The van der Waals surface area contributed by atoms with Gasteiger partial charge in [-0.2, -0.15) is 0 Å². The van der Waals surface area contributed by atoms with Gasteiger partial charge in [-0.15, -0.1) is 13.2 Å². The summed E-state index contributed by atoms with van der Waals surface area (Å²) in [7, 11) is 0. The second-order valence-corrected chi connectivity index (χ2v) is 9.05. The van der Waals surface area contributed by atoms with Gasteiger partial charge in [0.1, 0.15) is 23.8 Å². The third-order valence-corrected chi connectivity index (χ3v) is 6.72. The summed E-state index contributed by atoms with van der Waals surface area (Å²) < 4.78 is 53.4. The third kappa shape index (κ3) is 5.25. The zero-order valence-electron chi connectivity index (χ0n) is 18.9. The van der Waals surface area contributed by atoms with Gasteiger partial charge in [0.15, 0.2) is 6.04 Å². The number of hydrogen-bond acceptors (Lipinski definition) is 4. The smallest absolute Gasteiger partial charge is 0.573 e. The molecule has 0 aliphatic carbocycles. The van der Waals surface area contributed by atoms with Gasteiger partial charge in [-0.05, 0) is 43.0 Å². The molecule has 2 heterocycles. The van der Waals surface area contributed by atoms with E-state index in [1.165, 1.54) is 18.2 Å². The Kier molecular flexibility index (Phi) is 6.74. The highest BCUT2D eigenvalue weighted by atomic mass is 19.4. The van der Waals surface area contributed by atoms with Crippen molar-refractivity contribution in [2.75, 3.05) is 19.8 Å². The van der Waals surface area contributed by atoms with Gasteiger partial charge in [0.25, 0.3) is 5.91 Å². The van der Waals surface area contributed by atoms with Crippen molar-refractivity contribution in [3.05, 3.63) is 64.4 Å². The van der Waals surface area contributed by atoms with E-state index in [2.05, 4.69) is 4.74 Å². The van der Waals surface area contributed by atoms with E-state index in [9.17, 15) is 27.6 Å². The lowest BCUT2D eigenvalue weighted by atomic mass is 9.97. The topological polar surface area (TPSA) is 102 Å². The van der Waals surface area contributed by atoms with Crippen LogP contribution in [0.2, 0.25) is 0 Å². The van der Waals surface area contributed by atoms with Gasteiger partial charge >= 0.3 is 6.36 Å². The van der Waals surface area contributed by atoms with Gasteiger partial charge < -0.3 is 25.2 Å². The minimum atomic E-state index is -4.84. The number of piperidine rings is 1. The highest BCUT2D eigenvalue weighted by molar-refractivity contribution is 5.96. The largest absolute Gasteiger partial charge is 0.627 e. The van der Waals surface area contributed by atoms with E-state index in [0.717, 1.165) is 12.1 Å². The number of hydrogen-bond donors (Lipinski definition) is 2. The number of rotatable bonds is 6. The van der Waals surface area contributed by atoms with Gasteiger partial charge in [0.2, 0.25) is 0 Å². The minimum Gasteiger partial charge on any atom is -0.627 e. The number of amidine groups is 1. The average molecular weight is 494 g/mol. The quantitative estimate of drug-likeness (QED) is 0.208. The molecule has 11 heteroatoms. The fourth-order valence-corrected chi connectivity index (χ4v) is 4.83. The highest BCUT2D eigenvalue weighted by Crippen LogP contribution is 2.42. The molecule has 2 unspecified atom stereocenters. The van der Waals surface area contributed by atoms with Gasteiger partial charge in [-0.1, -0.05) is 12.1 Å². The summed E-state index contributed by atoms with van der Waals surface area (Å²) >= 11 is 0. The van der Waals surface area contributed by atoms with E-state index in [-0.39, 0.29) is 30.6 Å². The van der Waals surface area contributed by atoms with Crippen LogP contribution in [0.5, 0.6) is 5.75 Å². The van der Waals surface area contributed by atoms with E-state index >= 15 is 0 Å². The summed E-state index contributed by atoms with van der Waals surface area (Å²) in [5, 5.41) is 22.2. The molecular formula is C24H26F4N4O3. The number of carbonyl (C=O) groups excluding carboxylic acids is 1. The Morgan fingerprint density at radius 3 is 2.40 bits per heavy atom. The molecule has 35 heavy (non-hydrogen) atoms. The normalized spacial score (nSPS) is 22.7. The maximum absolute atomic E-state index is 14.4. The summed E-state index contributed by atoms with van der Waals surface area (Å²) in [4.78, 5) is 15.1. The van der Waals surface area contributed by atoms with Crippen LogP contribution >= 0.6 is 0 Å². The molecule has 1 saturated heterocycles. The fourth-order valence-electron chi connectivity index (χ4n) is 4.83. The van der Waals surface area contributed by atoms with Gasteiger partial charge in [-0.25, -0.2) is 0 Å². The van der Waals surface area contributed by atoms with Crippen LogP contribution in [0.25, 0.3) is 0 Å². The molecule has 2 aliphatic rings. The third-order valence-electron chi connectivity index (χ3n) is 6.72. The number of nitrogen functional groups attached to an aromatic ring is 1. The molecule has 2 aliphatic heterocycles. The number of likely N-dealkylation sites (tertiary alicyclic amines) is 1. The van der Waals surface area contributed by atoms with E-state index in [1.807, 2.05) is 0 Å². The molecule has 1 amide bonds. The van der Waals surface area contributed by atoms with Crippen LogP contribution in [0.3, 0.4) is 0 Å². The van der Waals surface area contributed by atoms with Gasteiger partial charge in [0, 0.05) is 42.3 Å². The SMILES string of the molecule is N=C(N)c1ccc2c(c1)[N+]([O-])(Cc1ccc(OC(F)(F)F)cc1)C(C(=O)N1CCC(CF)CC1)C2. The maximum atomic E-state index is 14.4. The lowest BCUT2D eigenvalue weighted by molar-refractivity contribution is -0.274. The second-order valence-electron chi connectivity index (χ2n) is 9.05. The maximum Gasteiger partial charge on any atom is 0.573 e. The van der Waals surface area contributed by atoms with Crippen molar-refractivity contribution < 1.29 is 27.1 Å². The first kappa shape index (κ1) is 24.9. The number of benzene rings is 2. The number of nitrogens with two attached hydrogens (primary N) is 1.